The first-order chi connectivity index (χ1) is 21.2. The number of hydrogen-bond acceptors (Lipinski definition) is 8. The molecular formula is C36H44N4O4. The second-order valence-electron chi connectivity index (χ2n) is 11.9. The number of hydrogen-bond donors (Lipinski definition) is 8. The summed E-state index contributed by atoms with van der Waals surface area (Å²) in [7, 11) is 0. The Morgan fingerprint density at radius 2 is 0.500 bits per heavy atom. The minimum atomic E-state index is 0.127. The fourth-order valence-corrected chi connectivity index (χ4v) is 6.47. The van der Waals surface area contributed by atoms with E-state index in [4.69, 9.17) is 22.9 Å². The lowest BCUT2D eigenvalue weighted by atomic mass is 9.87. The van der Waals surface area contributed by atoms with Crippen LogP contribution in [0.4, 0.5) is 0 Å². The van der Waals surface area contributed by atoms with Crippen molar-refractivity contribution in [1.29, 1.82) is 0 Å². The van der Waals surface area contributed by atoms with Gasteiger partial charge in [0, 0.05) is 25.7 Å². The minimum Gasteiger partial charge on any atom is -0.507 e. The number of benzene rings is 4. The number of aromatic hydroxyl groups is 4. The molecule has 0 amide bonds. The van der Waals surface area contributed by atoms with Crippen LogP contribution in [0.1, 0.15) is 66.8 Å². The molecule has 0 fully saturated rings. The summed E-state index contributed by atoms with van der Waals surface area (Å²) in [5.74, 6) is 0.509. The van der Waals surface area contributed by atoms with Crippen LogP contribution >= 0.6 is 0 Å². The maximum atomic E-state index is 11.6. The Labute approximate surface area is 259 Å². The molecule has 0 aliphatic heterocycles. The molecular weight excluding hydrogens is 552 g/mol. The van der Waals surface area contributed by atoms with Crippen molar-refractivity contribution in [1.82, 2.24) is 0 Å². The average Bonchev–Trinajstić information content (AvgIpc) is 2.98. The van der Waals surface area contributed by atoms with Crippen LogP contribution in [0.3, 0.4) is 0 Å². The van der Waals surface area contributed by atoms with Gasteiger partial charge in [-0.15, -0.1) is 0 Å². The molecule has 0 saturated heterocycles. The normalized spacial score (nSPS) is 12.8. The third-order valence-electron chi connectivity index (χ3n) is 8.57. The molecule has 0 atom stereocenters. The molecule has 5 rings (SSSR count). The van der Waals surface area contributed by atoms with Gasteiger partial charge in [-0.3, -0.25) is 0 Å². The van der Waals surface area contributed by atoms with E-state index in [1.165, 1.54) is 0 Å². The van der Waals surface area contributed by atoms with Gasteiger partial charge in [0.05, 0.1) is 0 Å². The lowest BCUT2D eigenvalue weighted by Crippen LogP contribution is -2.08. The molecule has 8 nitrogen and oxygen atoms in total. The Morgan fingerprint density at radius 1 is 0.341 bits per heavy atom. The predicted octanol–water partition coefficient (Wildman–Crippen LogP) is 3.19. The molecule has 12 N–H and O–H groups in total. The van der Waals surface area contributed by atoms with Gasteiger partial charge in [-0.2, -0.15) is 0 Å². The number of phenolic OH excluding ortho intramolecular Hbond substituents is 4. The van der Waals surface area contributed by atoms with Crippen molar-refractivity contribution in [3.8, 4) is 23.0 Å². The molecule has 0 radical (unpaired) electrons. The van der Waals surface area contributed by atoms with E-state index >= 15 is 0 Å². The maximum Gasteiger partial charge on any atom is 0.122 e. The van der Waals surface area contributed by atoms with Gasteiger partial charge in [0.25, 0.3) is 0 Å². The van der Waals surface area contributed by atoms with E-state index in [1.807, 2.05) is 48.5 Å². The minimum absolute atomic E-state index is 0.127. The number of rotatable bonds is 8. The van der Waals surface area contributed by atoms with Crippen LogP contribution in [0.25, 0.3) is 0 Å². The van der Waals surface area contributed by atoms with Crippen molar-refractivity contribution in [2.75, 3.05) is 26.2 Å². The number of fused-ring (bicyclic) bond motifs is 8. The van der Waals surface area contributed by atoms with Crippen LogP contribution < -0.4 is 22.9 Å². The van der Waals surface area contributed by atoms with Gasteiger partial charge in [-0.05, 0) is 119 Å². The third kappa shape index (κ3) is 6.69. The van der Waals surface area contributed by atoms with Gasteiger partial charge >= 0.3 is 0 Å². The van der Waals surface area contributed by atoms with Crippen LogP contribution in [-0.2, 0) is 51.4 Å². The van der Waals surface area contributed by atoms with Crippen LogP contribution in [0.15, 0.2) is 48.5 Å². The maximum absolute atomic E-state index is 11.6. The molecule has 0 unspecified atom stereocenters. The van der Waals surface area contributed by atoms with Gasteiger partial charge in [-0.25, -0.2) is 0 Å². The first-order valence-electron chi connectivity index (χ1n) is 15.4. The summed E-state index contributed by atoms with van der Waals surface area (Å²) in [6, 6.07) is 15.5. The highest BCUT2D eigenvalue weighted by atomic mass is 16.3. The van der Waals surface area contributed by atoms with Crippen LogP contribution in [-0.4, -0.2) is 46.6 Å². The average molecular weight is 597 g/mol. The van der Waals surface area contributed by atoms with E-state index in [0.717, 1.165) is 22.3 Å². The number of nitrogens with two attached hydrogens (primary N) is 4. The van der Waals surface area contributed by atoms with Crippen LogP contribution in [0.2, 0.25) is 0 Å². The molecule has 8 heteroatoms. The number of phenols is 4. The Bertz CT molecular complexity index is 1330. The summed E-state index contributed by atoms with van der Waals surface area (Å²) < 4.78 is 0. The molecule has 8 bridgehead atoms. The fraction of sp³-hybridized carbons (Fsp3) is 0.333. The summed E-state index contributed by atoms with van der Waals surface area (Å²) in [5, 5.41) is 46.3. The monoisotopic (exact) mass is 596 g/mol. The highest BCUT2D eigenvalue weighted by Gasteiger charge is 2.21. The molecule has 1 aliphatic carbocycles. The Balaban J connectivity index is 1.79. The van der Waals surface area contributed by atoms with E-state index in [9.17, 15) is 20.4 Å². The predicted molar refractivity (Wildman–Crippen MR) is 175 cm³/mol. The zero-order valence-electron chi connectivity index (χ0n) is 25.2. The molecule has 232 valence electrons. The summed E-state index contributed by atoms with van der Waals surface area (Å²) in [6.07, 6.45) is 3.60. The largest absolute Gasteiger partial charge is 0.507 e. The summed E-state index contributed by atoms with van der Waals surface area (Å²) in [6.45, 7) is 1.78. The zero-order chi connectivity index (χ0) is 31.4. The Kier molecular flexibility index (Phi) is 9.76. The van der Waals surface area contributed by atoms with Crippen molar-refractivity contribution in [3.05, 3.63) is 115 Å². The van der Waals surface area contributed by atoms with Crippen molar-refractivity contribution < 1.29 is 20.4 Å². The lowest BCUT2D eigenvalue weighted by molar-refractivity contribution is 0.450. The summed E-state index contributed by atoms with van der Waals surface area (Å²) >= 11 is 0. The van der Waals surface area contributed by atoms with E-state index in [1.54, 1.807) is 0 Å². The third-order valence-corrected chi connectivity index (χ3v) is 8.57. The highest BCUT2D eigenvalue weighted by molar-refractivity contribution is 5.57. The molecule has 1 aliphatic rings. The summed E-state index contributed by atoms with van der Waals surface area (Å²) in [5.41, 5.74) is 32.9. The van der Waals surface area contributed by atoms with Gasteiger partial charge in [0.15, 0.2) is 0 Å². The van der Waals surface area contributed by atoms with Gasteiger partial charge < -0.3 is 43.4 Å². The SMILES string of the molecule is NCCc1cc2c(O)c(c1)Cc1cc(CCN)cc(c1O)Cc1cc(CCN)cc(c1O)Cc1cc(CCN)cc(c1O)C2. The fourth-order valence-electron chi connectivity index (χ4n) is 6.47. The van der Waals surface area contributed by atoms with Crippen molar-refractivity contribution >= 4 is 0 Å². The van der Waals surface area contributed by atoms with Gasteiger partial charge in [-0.1, -0.05) is 48.5 Å². The second kappa shape index (κ2) is 13.7. The molecule has 4 aromatic carbocycles. The standard InChI is InChI=1S/C36H44N4O4/c37-5-1-21-9-25-17-27-11-22(2-6-38)13-29(34(27)42)19-31-15-24(4-8-40)16-32(36(31)44)20-30-14-23(3-7-39)12-28(35(30)43)18-26(10-21)33(25)41/h9-16,41-44H,1-8,17-20,37-40H2. The lowest BCUT2D eigenvalue weighted by Gasteiger charge is -2.20. The Hall–Kier alpha value is -4.08. The Morgan fingerprint density at radius 3 is 0.636 bits per heavy atom. The highest BCUT2D eigenvalue weighted by Crippen LogP contribution is 2.39. The van der Waals surface area contributed by atoms with Crippen LogP contribution in [0.5, 0.6) is 23.0 Å². The van der Waals surface area contributed by atoms with Crippen molar-refractivity contribution in [3.63, 3.8) is 0 Å². The zero-order valence-corrected chi connectivity index (χ0v) is 25.2. The first-order valence-corrected chi connectivity index (χ1v) is 15.4. The van der Waals surface area contributed by atoms with E-state index in [2.05, 4.69) is 0 Å². The smallest absolute Gasteiger partial charge is 0.122 e. The molecule has 0 aromatic heterocycles. The van der Waals surface area contributed by atoms with Crippen LogP contribution in [0, 0.1) is 0 Å². The first kappa shape index (κ1) is 31.3. The van der Waals surface area contributed by atoms with E-state index < -0.39 is 0 Å². The topological polar surface area (TPSA) is 185 Å². The van der Waals surface area contributed by atoms with Crippen molar-refractivity contribution in [2.24, 2.45) is 22.9 Å². The summed E-state index contributed by atoms with van der Waals surface area (Å²) in [4.78, 5) is 0. The molecule has 0 saturated carbocycles. The van der Waals surface area contributed by atoms with Crippen molar-refractivity contribution in [2.45, 2.75) is 51.4 Å². The molecule has 4 aromatic rings. The van der Waals surface area contributed by atoms with Gasteiger partial charge in [0.2, 0.25) is 0 Å². The second-order valence-corrected chi connectivity index (χ2v) is 11.9. The van der Waals surface area contributed by atoms with E-state index in [-0.39, 0.29) is 48.7 Å². The molecule has 44 heavy (non-hydrogen) atoms. The molecule has 0 heterocycles. The molecule has 0 spiro atoms. The van der Waals surface area contributed by atoms with Gasteiger partial charge in [0.1, 0.15) is 23.0 Å². The quantitative estimate of drug-likeness (QED) is 0.134. The van der Waals surface area contributed by atoms with E-state index in [0.29, 0.717) is 96.4 Å².